The third kappa shape index (κ3) is 18.3. The second-order valence-corrected chi connectivity index (χ2v) is 36.2. The molecule has 8 aliphatic rings. The molecule has 15 rings (SSSR count). The maximum Gasteiger partial charge on any atom is 0.132 e. The molecule has 592 valence electrons. The lowest BCUT2D eigenvalue weighted by molar-refractivity contribution is 0.00745. The summed E-state index contributed by atoms with van der Waals surface area (Å²) in [5.74, 6) is 8.44. The first kappa shape index (κ1) is 82.7. The second-order valence-electron chi connectivity index (χ2n) is 36.2. The van der Waals surface area contributed by atoms with E-state index in [-0.39, 0.29) is 39.8 Å². The summed E-state index contributed by atoms with van der Waals surface area (Å²) in [6.07, 6.45) is 30.7. The van der Waals surface area contributed by atoms with Crippen molar-refractivity contribution >= 4 is 0 Å². The molecule has 7 aromatic rings. The molecule has 0 radical (unpaired) electrons. The van der Waals surface area contributed by atoms with Gasteiger partial charge in [-0.25, -0.2) is 0 Å². The van der Waals surface area contributed by atoms with E-state index in [1.807, 2.05) is 43.3 Å². The monoisotopic (exact) mass is 1490 g/mol. The summed E-state index contributed by atoms with van der Waals surface area (Å²) in [5.41, 5.74) is 20.2. The van der Waals surface area contributed by atoms with E-state index in [0.29, 0.717) is 52.4 Å². The Balaban J connectivity index is 0.000000137. The SMILES string of the molecule is CC1=C[C@H]2c3c(O)cc(C)cc3OC(C)(C)[C@@H]2CC1.CCCCCc1cc(O)c2c(c1)OC(C)(C)[C@@H]1CC=C(C)C[C@@H]21.CCCCCc1cc(O)c2c(c1)OC(C)(C)[C@H]1CCC(C)=C[C@@H]21.CCCCCc1cc(O)c2c(c1)OC(C)(C)c1ccc(C)cc1-2.CCCCc1cc(O)c2c(c1)OC(C)(C)c1ccc(C)cc1-2. The van der Waals surface area contributed by atoms with Crippen molar-refractivity contribution in [3.63, 3.8) is 0 Å². The first-order chi connectivity index (χ1) is 52.1. The zero-order chi connectivity index (χ0) is 79.5. The minimum Gasteiger partial charge on any atom is -0.508 e. The Labute approximate surface area is 660 Å². The molecule has 0 amide bonds. The number of phenolic OH excluding ortho intramolecular Hbond substituents is 5. The smallest absolute Gasteiger partial charge is 0.132 e. The van der Waals surface area contributed by atoms with Crippen LogP contribution in [0.15, 0.2) is 132 Å². The Morgan fingerprint density at radius 1 is 0.355 bits per heavy atom. The van der Waals surface area contributed by atoms with Crippen molar-refractivity contribution in [1.29, 1.82) is 0 Å². The van der Waals surface area contributed by atoms with Gasteiger partial charge in [0.15, 0.2) is 0 Å². The van der Waals surface area contributed by atoms with E-state index in [1.165, 1.54) is 90.3 Å². The van der Waals surface area contributed by atoms with E-state index in [0.717, 1.165) is 179 Å². The summed E-state index contributed by atoms with van der Waals surface area (Å²) in [5, 5.41) is 52.9. The van der Waals surface area contributed by atoms with Gasteiger partial charge in [0.1, 0.15) is 85.5 Å². The third-order valence-corrected chi connectivity index (χ3v) is 24.9. The lowest BCUT2D eigenvalue weighted by atomic mass is 9.67. The van der Waals surface area contributed by atoms with Crippen LogP contribution in [0.2, 0.25) is 0 Å². The molecule has 0 spiro atoms. The average molecular weight is 1490 g/mol. The van der Waals surface area contributed by atoms with Gasteiger partial charge in [-0.05, 0) is 300 Å². The molecule has 10 nitrogen and oxygen atoms in total. The van der Waals surface area contributed by atoms with Crippen LogP contribution < -0.4 is 23.7 Å². The van der Waals surface area contributed by atoms with Gasteiger partial charge in [0.2, 0.25) is 0 Å². The molecule has 0 fully saturated rings. The zero-order valence-electron chi connectivity index (χ0n) is 70.6. The van der Waals surface area contributed by atoms with Crippen molar-refractivity contribution in [3.8, 4) is 79.7 Å². The standard InChI is InChI=1S/2C21H30O2.C21H26O2.C20H24O2.C17H22O2/c3*1-5-6-7-8-15-12-18(22)20-16-11-14(2)9-10-17(16)21(3,4)23-19(20)13-15;1-5-6-7-14-11-17(21)19-15-10-13(2)8-9-16(15)20(3,4)22-18(19)12-14;1-10-5-6-13-12(7-10)16-14(18)8-11(2)9-15(16)19-17(13,3)4/h11-13,16-17,22H,5-10H2,1-4H3;9,12-13,16-17,22H,5-8,10-11H2,1-4H3;9-13,22H,5-8H2,1-4H3;8-12,21H,5-7H2,1-4H3;7-9,12-13,18H,5-6H2,1-4H3/t16-,17+;16-,17-;;;12-,13-/m11..1/s1. The predicted octanol–water partition coefficient (Wildman–Crippen LogP) is 26.8. The van der Waals surface area contributed by atoms with E-state index in [2.05, 4.69) is 210 Å². The molecule has 0 saturated carbocycles. The number of aryl methyl sites for hydroxylation is 7. The third-order valence-electron chi connectivity index (χ3n) is 24.9. The van der Waals surface area contributed by atoms with Crippen LogP contribution in [-0.2, 0) is 36.9 Å². The Bertz CT molecular complexity index is 4540. The van der Waals surface area contributed by atoms with Crippen LogP contribution in [0.3, 0.4) is 0 Å². The molecule has 5 aliphatic heterocycles. The molecule has 10 heteroatoms. The van der Waals surface area contributed by atoms with Crippen LogP contribution >= 0.6 is 0 Å². The Morgan fingerprint density at radius 2 is 0.718 bits per heavy atom. The number of hydrogen-bond acceptors (Lipinski definition) is 10. The number of aromatic hydroxyl groups is 5. The summed E-state index contributed by atoms with van der Waals surface area (Å²) in [4.78, 5) is 0. The van der Waals surface area contributed by atoms with Gasteiger partial charge in [-0.1, -0.05) is 155 Å². The first-order valence-electron chi connectivity index (χ1n) is 42.0. The molecule has 0 bridgehead atoms. The number of fused-ring (bicyclic) bond motifs is 15. The van der Waals surface area contributed by atoms with Gasteiger partial charge in [-0.15, -0.1) is 0 Å². The number of unbranched alkanes of at least 4 members (excludes halogenated alkanes) is 7. The quantitative estimate of drug-likeness (QED) is 0.0496. The maximum absolute atomic E-state index is 10.7. The Morgan fingerprint density at radius 3 is 1.15 bits per heavy atom. The van der Waals surface area contributed by atoms with E-state index >= 15 is 0 Å². The highest BCUT2D eigenvalue weighted by Crippen LogP contribution is 2.58. The van der Waals surface area contributed by atoms with Crippen LogP contribution in [0.5, 0.6) is 57.5 Å². The minimum absolute atomic E-state index is 0.172. The average Bonchev–Trinajstić information content (AvgIpc) is 0.771. The van der Waals surface area contributed by atoms with Crippen molar-refractivity contribution < 1.29 is 49.2 Å². The molecule has 6 atom stereocenters. The maximum atomic E-state index is 10.7. The molecule has 5 heterocycles. The lowest BCUT2D eigenvalue weighted by Gasteiger charge is -2.47. The molecule has 5 N–H and O–H groups in total. The summed E-state index contributed by atoms with van der Waals surface area (Å²) >= 11 is 0. The van der Waals surface area contributed by atoms with Crippen LogP contribution in [0.25, 0.3) is 22.3 Å². The largest absolute Gasteiger partial charge is 0.508 e. The van der Waals surface area contributed by atoms with Crippen molar-refractivity contribution in [2.75, 3.05) is 0 Å². The van der Waals surface area contributed by atoms with Crippen LogP contribution in [0.1, 0.15) is 311 Å². The number of allylic oxidation sites excluding steroid dienone is 6. The number of rotatable bonds is 15. The molecule has 0 aromatic heterocycles. The van der Waals surface area contributed by atoms with Crippen molar-refractivity contribution in [3.05, 3.63) is 199 Å². The number of phenols is 5. The fourth-order valence-corrected chi connectivity index (χ4v) is 19.0. The van der Waals surface area contributed by atoms with Crippen molar-refractivity contribution in [2.45, 2.75) is 319 Å². The predicted molar refractivity (Wildman–Crippen MR) is 453 cm³/mol. The lowest BCUT2D eigenvalue weighted by Crippen LogP contribution is -2.45. The molecule has 7 aromatic carbocycles. The van der Waals surface area contributed by atoms with Gasteiger partial charge in [-0.2, -0.15) is 0 Å². The van der Waals surface area contributed by atoms with Crippen molar-refractivity contribution in [1.82, 2.24) is 0 Å². The highest BCUT2D eigenvalue weighted by Gasteiger charge is 2.49. The van der Waals surface area contributed by atoms with Gasteiger partial charge in [-0.3, -0.25) is 0 Å². The first-order valence-corrected chi connectivity index (χ1v) is 42.0. The van der Waals surface area contributed by atoms with Gasteiger partial charge in [0.25, 0.3) is 0 Å². The van der Waals surface area contributed by atoms with E-state index in [9.17, 15) is 25.5 Å². The normalized spacial score (nSPS) is 21.4. The summed E-state index contributed by atoms with van der Waals surface area (Å²) < 4.78 is 31.4. The molecular formula is C100H132O10. The Hall–Kier alpha value is -8.24. The van der Waals surface area contributed by atoms with Gasteiger partial charge < -0.3 is 49.2 Å². The number of ether oxygens (including phenoxy) is 5. The molecule has 110 heavy (non-hydrogen) atoms. The van der Waals surface area contributed by atoms with E-state index in [1.54, 1.807) is 0 Å². The van der Waals surface area contributed by atoms with Crippen LogP contribution in [0, 0.1) is 38.5 Å². The Kier molecular flexibility index (Phi) is 25.6. The van der Waals surface area contributed by atoms with Gasteiger partial charge in [0, 0.05) is 63.3 Å². The fraction of sp³-hybridized carbons (Fsp3) is 0.520. The topological polar surface area (TPSA) is 147 Å². The summed E-state index contributed by atoms with van der Waals surface area (Å²) in [6.45, 7) is 43.0. The summed E-state index contributed by atoms with van der Waals surface area (Å²) in [6, 6.07) is 32.9. The van der Waals surface area contributed by atoms with Crippen LogP contribution in [-0.4, -0.2) is 42.3 Å². The molecular weight excluding hydrogens is 1360 g/mol. The van der Waals surface area contributed by atoms with Gasteiger partial charge in [0.05, 0.1) is 11.1 Å². The molecule has 0 saturated heterocycles. The second kappa shape index (κ2) is 34.0. The minimum atomic E-state index is -0.384. The van der Waals surface area contributed by atoms with Crippen LogP contribution in [0.4, 0.5) is 0 Å². The van der Waals surface area contributed by atoms with E-state index < -0.39 is 0 Å². The highest BCUT2D eigenvalue weighted by molar-refractivity contribution is 5.83. The summed E-state index contributed by atoms with van der Waals surface area (Å²) in [7, 11) is 0. The van der Waals surface area contributed by atoms with Gasteiger partial charge >= 0.3 is 0 Å². The highest BCUT2D eigenvalue weighted by atomic mass is 16.5. The fourth-order valence-electron chi connectivity index (χ4n) is 19.0. The molecule has 3 aliphatic carbocycles. The van der Waals surface area contributed by atoms with Crippen molar-refractivity contribution in [2.24, 2.45) is 17.8 Å². The number of hydrogen-bond donors (Lipinski definition) is 5. The zero-order valence-corrected chi connectivity index (χ0v) is 70.6. The molecule has 0 unspecified atom stereocenters. The number of benzene rings is 7. The van der Waals surface area contributed by atoms with E-state index in [4.69, 9.17) is 23.7 Å².